The zero-order valence-electron chi connectivity index (χ0n) is 10.1. The van der Waals surface area contributed by atoms with Crippen molar-refractivity contribution in [3.63, 3.8) is 0 Å². The number of hydrogen-bond acceptors (Lipinski definition) is 1. The number of hydrogen-bond donors (Lipinski definition) is 0. The quantitative estimate of drug-likeness (QED) is 0.577. The molecule has 1 rings (SSSR count). The van der Waals surface area contributed by atoms with Crippen molar-refractivity contribution in [3.05, 3.63) is 54.4 Å². The number of anilines is 1. The van der Waals surface area contributed by atoms with E-state index in [4.69, 9.17) is 0 Å². The molecule has 1 aromatic rings. The van der Waals surface area contributed by atoms with Gasteiger partial charge in [0.25, 0.3) is 5.91 Å². The van der Waals surface area contributed by atoms with Crippen molar-refractivity contribution in [1.29, 1.82) is 0 Å². The number of carbonyl (C=O) groups excluding carboxylic acids is 1. The van der Waals surface area contributed by atoms with E-state index in [2.05, 4.69) is 0 Å². The predicted octanol–water partition coefficient (Wildman–Crippen LogP) is 3.31. The van der Waals surface area contributed by atoms with Gasteiger partial charge in [0.2, 0.25) is 0 Å². The summed E-state index contributed by atoms with van der Waals surface area (Å²) in [4.78, 5) is 13.4. The van der Waals surface area contributed by atoms with Crippen LogP contribution in [0.25, 0.3) is 0 Å². The van der Waals surface area contributed by atoms with E-state index < -0.39 is 0 Å². The maximum atomic E-state index is 12.8. The van der Waals surface area contributed by atoms with Crippen molar-refractivity contribution >= 4 is 11.6 Å². The molecule has 0 fully saturated rings. The normalized spacial score (nSPS) is 11.2. The predicted molar refractivity (Wildman–Crippen MR) is 68.4 cm³/mol. The molecule has 90 valence electrons. The monoisotopic (exact) mass is 233 g/mol. The van der Waals surface area contributed by atoms with Crippen LogP contribution in [0.2, 0.25) is 0 Å². The standard InChI is InChI=1S/C14H16FNO/c1-3-5-6-7-14(17)16(4-2)13-10-8-12(15)9-11-13/h3,5-11H,4H2,1-2H3/b5-3+,7-6+. The number of allylic oxidation sites excluding steroid dienone is 3. The topological polar surface area (TPSA) is 20.3 Å². The van der Waals surface area contributed by atoms with Crippen molar-refractivity contribution in [2.75, 3.05) is 11.4 Å². The van der Waals surface area contributed by atoms with Gasteiger partial charge in [-0.05, 0) is 38.1 Å². The van der Waals surface area contributed by atoms with Gasteiger partial charge in [-0.2, -0.15) is 0 Å². The van der Waals surface area contributed by atoms with Crippen LogP contribution in [0, 0.1) is 5.82 Å². The Labute approximate surface area is 101 Å². The van der Waals surface area contributed by atoms with E-state index >= 15 is 0 Å². The van der Waals surface area contributed by atoms with Gasteiger partial charge in [0, 0.05) is 18.3 Å². The maximum absolute atomic E-state index is 12.8. The molecule has 1 aromatic carbocycles. The molecule has 1 amide bonds. The number of amides is 1. The molecule has 0 spiro atoms. The average Bonchev–Trinajstić information content (AvgIpc) is 2.33. The van der Waals surface area contributed by atoms with Crippen LogP contribution >= 0.6 is 0 Å². The van der Waals surface area contributed by atoms with Crippen molar-refractivity contribution in [2.45, 2.75) is 13.8 Å². The third kappa shape index (κ3) is 3.87. The highest BCUT2D eigenvalue weighted by atomic mass is 19.1. The molecule has 0 N–H and O–H groups in total. The molecule has 0 atom stereocenters. The van der Waals surface area contributed by atoms with Crippen molar-refractivity contribution in [3.8, 4) is 0 Å². The SMILES string of the molecule is C/C=C/C=C/C(=O)N(CC)c1ccc(F)cc1. The molecule has 0 saturated heterocycles. The second-order valence-electron chi connectivity index (χ2n) is 3.44. The molecule has 0 aliphatic rings. The smallest absolute Gasteiger partial charge is 0.250 e. The number of nitrogens with zero attached hydrogens (tertiary/aromatic N) is 1. The zero-order chi connectivity index (χ0) is 12.7. The van der Waals surface area contributed by atoms with E-state index in [0.29, 0.717) is 12.2 Å². The van der Waals surface area contributed by atoms with Gasteiger partial charge in [-0.15, -0.1) is 0 Å². The Morgan fingerprint density at radius 3 is 2.47 bits per heavy atom. The maximum Gasteiger partial charge on any atom is 0.250 e. The molecule has 0 bridgehead atoms. The van der Waals surface area contributed by atoms with Gasteiger partial charge in [-0.25, -0.2) is 4.39 Å². The Kier molecular flexibility index (Phi) is 5.14. The lowest BCUT2D eigenvalue weighted by molar-refractivity contribution is -0.114. The van der Waals surface area contributed by atoms with Crippen LogP contribution in [0.5, 0.6) is 0 Å². The van der Waals surface area contributed by atoms with Crippen LogP contribution in [0.15, 0.2) is 48.6 Å². The fourth-order valence-electron chi connectivity index (χ4n) is 1.43. The van der Waals surface area contributed by atoms with E-state index in [-0.39, 0.29) is 11.7 Å². The van der Waals surface area contributed by atoms with E-state index in [9.17, 15) is 9.18 Å². The molecule has 17 heavy (non-hydrogen) atoms. The minimum Gasteiger partial charge on any atom is -0.309 e. The Bertz CT molecular complexity index is 420. The van der Waals surface area contributed by atoms with Gasteiger partial charge in [0.1, 0.15) is 5.82 Å². The Morgan fingerprint density at radius 1 is 1.29 bits per heavy atom. The number of carbonyl (C=O) groups is 1. The van der Waals surface area contributed by atoms with E-state index in [0.717, 1.165) is 0 Å². The minimum atomic E-state index is -0.304. The first kappa shape index (κ1) is 13.2. The van der Waals surface area contributed by atoms with Gasteiger partial charge in [-0.3, -0.25) is 4.79 Å². The van der Waals surface area contributed by atoms with Gasteiger partial charge in [0.15, 0.2) is 0 Å². The van der Waals surface area contributed by atoms with Crippen molar-refractivity contribution in [1.82, 2.24) is 0 Å². The highest BCUT2D eigenvalue weighted by molar-refractivity contribution is 6.01. The average molecular weight is 233 g/mol. The van der Waals surface area contributed by atoms with E-state index in [1.54, 1.807) is 29.2 Å². The number of benzene rings is 1. The van der Waals surface area contributed by atoms with Gasteiger partial charge in [0.05, 0.1) is 0 Å². The molecular formula is C14H16FNO. The lowest BCUT2D eigenvalue weighted by Gasteiger charge is -2.19. The van der Waals surface area contributed by atoms with E-state index in [1.807, 2.05) is 19.9 Å². The van der Waals surface area contributed by atoms with Gasteiger partial charge < -0.3 is 4.90 Å². The first-order valence-corrected chi connectivity index (χ1v) is 5.55. The largest absolute Gasteiger partial charge is 0.309 e. The van der Waals surface area contributed by atoms with Gasteiger partial charge >= 0.3 is 0 Å². The van der Waals surface area contributed by atoms with Crippen LogP contribution in [-0.4, -0.2) is 12.5 Å². The summed E-state index contributed by atoms with van der Waals surface area (Å²) in [6, 6.07) is 5.89. The van der Waals surface area contributed by atoms with E-state index in [1.165, 1.54) is 18.2 Å². The minimum absolute atomic E-state index is 0.114. The zero-order valence-corrected chi connectivity index (χ0v) is 10.1. The highest BCUT2D eigenvalue weighted by Gasteiger charge is 2.10. The summed E-state index contributed by atoms with van der Waals surface area (Å²) < 4.78 is 12.8. The molecule has 0 unspecified atom stereocenters. The fourth-order valence-corrected chi connectivity index (χ4v) is 1.43. The third-order valence-electron chi connectivity index (χ3n) is 2.26. The third-order valence-corrected chi connectivity index (χ3v) is 2.26. The number of likely N-dealkylation sites (N-methyl/N-ethyl adjacent to an activating group) is 1. The summed E-state index contributed by atoms with van der Waals surface area (Å²) in [7, 11) is 0. The molecule has 0 aliphatic carbocycles. The molecule has 0 saturated carbocycles. The molecule has 0 aliphatic heterocycles. The van der Waals surface area contributed by atoms with Crippen LogP contribution in [0.3, 0.4) is 0 Å². The highest BCUT2D eigenvalue weighted by Crippen LogP contribution is 2.15. The Morgan fingerprint density at radius 2 is 1.94 bits per heavy atom. The van der Waals surface area contributed by atoms with Crippen LogP contribution < -0.4 is 4.90 Å². The van der Waals surface area contributed by atoms with Crippen LogP contribution in [0.1, 0.15) is 13.8 Å². The Balaban J connectivity index is 2.84. The molecule has 3 heteroatoms. The molecule has 0 radical (unpaired) electrons. The summed E-state index contributed by atoms with van der Waals surface area (Å²) in [6.07, 6.45) is 6.82. The summed E-state index contributed by atoms with van der Waals surface area (Å²) >= 11 is 0. The summed E-state index contributed by atoms with van der Waals surface area (Å²) in [5, 5.41) is 0. The molecular weight excluding hydrogens is 217 g/mol. The number of rotatable bonds is 4. The molecule has 0 heterocycles. The summed E-state index contributed by atoms with van der Waals surface area (Å²) in [5.74, 6) is -0.418. The second-order valence-corrected chi connectivity index (χ2v) is 3.44. The first-order chi connectivity index (χ1) is 8.19. The lowest BCUT2D eigenvalue weighted by atomic mass is 10.2. The van der Waals surface area contributed by atoms with Crippen molar-refractivity contribution < 1.29 is 9.18 Å². The molecule has 2 nitrogen and oxygen atoms in total. The van der Waals surface area contributed by atoms with Crippen LogP contribution in [0.4, 0.5) is 10.1 Å². The first-order valence-electron chi connectivity index (χ1n) is 5.55. The van der Waals surface area contributed by atoms with Crippen LogP contribution in [-0.2, 0) is 4.79 Å². The van der Waals surface area contributed by atoms with Gasteiger partial charge in [-0.1, -0.05) is 18.2 Å². The second kappa shape index (κ2) is 6.63. The summed E-state index contributed by atoms with van der Waals surface area (Å²) in [6.45, 7) is 4.31. The van der Waals surface area contributed by atoms with Crippen molar-refractivity contribution in [2.24, 2.45) is 0 Å². The molecule has 0 aromatic heterocycles. The fraction of sp³-hybridized carbons (Fsp3) is 0.214. The Hall–Kier alpha value is -1.90. The number of halogens is 1. The summed E-state index contributed by atoms with van der Waals surface area (Å²) in [5.41, 5.74) is 0.698. The lowest BCUT2D eigenvalue weighted by Crippen LogP contribution is -2.28.